The molecule has 6 nitrogen and oxygen atoms in total. The number of esters is 1. The van der Waals surface area contributed by atoms with Crippen molar-refractivity contribution in [1.29, 1.82) is 0 Å². The van der Waals surface area contributed by atoms with Crippen molar-refractivity contribution in [2.75, 3.05) is 20.3 Å². The summed E-state index contributed by atoms with van der Waals surface area (Å²) in [6.07, 6.45) is 0. The Hall–Kier alpha value is -3.83. The van der Waals surface area contributed by atoms with Crippen LogP contribution in [0, 0.1) is 0 Å². The van der Waals surface area contributed by atoms with Crippen LogP contribution in [0.4, 0.5) is 0 Å². The molecule has 238 valence electrons. The molecule has 4 aromatic rings. The summed E-state index contributed by atoms with van der Waals surface area (Å²) in [7, 11) is -3.94. The first kappa shape index (κ1) is 35.7. The number of rotatable bonds is 10. The lowest BCUT2D eigenvalue weighted by Gasteiger charge is -2.42. The summed E-state index contributed by atoms with van der Waals surface area (Å²) in [4.78, 5) is 22.9. The van der Waals surface area contributed by atoms with Gasteiger partial charge in [-0.25, -0.2) is 9.59 Å². The minimum absolute atomic E-state index is 0.0379. The summed E-state index contributed by atoms with van der Waals surface area (Å²) < 4.78 is 17.3. The summed E-state index contributed by atoms with van der Waals surface area (Å²) >= 11 is 0. The first-order chi connectivity index (χ1) is 21.3. The summed E-state index contributed by atoms with van der Waals surface area (Å²) in [6, 6.07) is 40.5. The molecule has 45 heavy (non-hydrogen) atoms. The summed E-state index contributed by atoms with van der Waals surface area (Å²) in [6.45, 7) is 12.6. The number of benzene rings is 4. The fourth-order valence-corrected chi connectivity index (χ4v) is 14.9. The molecule has 0 aliphatic rings. The Morgan fingerprint density at radius 2 is 0.800 bits per heavy atom. The van der Waals surface area contributed by atoms with E-state index in [9.17, 15) is 9.59 Å². The van der Waals surface area contributed by atoms with Crippen molar-refractivity contribution in [2.45, 2.75) is 51.6 Å². The largest absolute Gasteiger partial charge is 0.480 e. The first-order valence-electron chi connectivity index (χ1n) is 15.1. The predicted molar refractivity (Wildman–Crippen MR) is 187 cm³/mol. The topological polar surface area (TPSA) is 82.1 Å². The van der Waals surface area contributed by atoms with Gasteiger partial charge >= 0.3 is 11.9 Å². The maximum Gasteiger partial charge on any atom is 0.330 e. The van der Waals surface area contributed by atoms with Gasteiger partial charge in [0.05, 0.1) is 7.11 Å². The molecule has 0 fully saturated rings. The van der Waals surface area contributed by atoms with Crippen LogP contribution in [0.15, 0.2) is 121 Å². The third-order valence-electron chi connectivity index (χ3n) is 7.88. The van der Waals surface area contributed by atoms with E-state index in [1.165, 1.54) is 7.11 Å². The van der Waals surface area contributed by atoms with Crippen molar-refractivity contribution in [3.05, 3.63) is 121 Å². The molecule has 0 unspecified atom stereocenters. The highest BCUT2D eigenvalue weighted by atomic mass is 28.4. The van der Waals surface area contributed by atoms with Gasteiger partial charge in [0, 0.05) is 0 Å². The third kappa shape index (κ3) is 8.26. The Morgan fingerprint density at radius 3 is 1.02 bits per heavy atom. The lowest BCUT2D eigenvalue weighted by Crippen LogP contribution is -2.67. The average molecular weight is 643 g/mol. The number of carbonyl (C=O) groups excluding carboxylic acids is 1. The molecule has 0 atom stereocenters. The zero-order valence-corrected chi connectivity index (χ0v) is 29.4. The van der Waals surface area contributed by atoms with Crippen LogP contribution in [0.25, 0.3) is 0 Å². The van der Waals surface area contributed by atoms with E-state index in [2.05, 4.69) is 65.8 Å². The molecule has 8 heteroatoms. The van der Waals surface area contributed by atoms with E-state index in [-0.39, 0.29) is 29.3 Å². The Balaban J connectivity index is 0.000000246. The number of hydrogen-bond acceptors (Lipinski definition) is 5. The number of hydrogen-bond donors (Lipinski definition) is 1. The standard InChI is InChI=1S/C19H24O3Si.C18H22O3Si/c1-19(2,3)23(22-15-18(20)21-4,16-11-7-5-8-12-16)17-13-9-6-10-14-17;1-18(2,3)22(21-14-17(19)20,15-10-6-4-7-11-15)16-12-8-5-9-13-16/h5-14H,15H2,1-4H3;4-13H,14H2,1-3H3,(H,19,20). The second-order valence-electron chi connectivity index (χ2n) is 12.9. The average Bonchev–Trinajstić information content (AvgIpc) is 3.02. The molecule has 0 bridgehead atoms. The van der Waals surface area contributed by atoms with E-state index in [1.54, 1.807) is 0 Å². The number of methoxy groups -OCH3 is 1. The molecule has 0 saturated carbocycles. The fourth-order valence-electron chi connectivity index (χ4n) is 5.92. The van der Waals surface area contributed by atoms with Gasteiger partial charge in [-0.2, -0.15) is 0 Å². The van der Waals surface area contributed by atoms with Crippen molar-refractivity contribution in [2.24, 2.45) is 0 Å². The number of ether oxygens (including phenoxy) is 1. The van der Waals surface area contributed by atoms with Crippen LogP contribution in [-0.4, -0.2) is 54.0 Å². The molecule has 4 aromatic carbocycles. The van der Waals surface area contributed by atoms with Gasteiger partial charge in [0.2, 0.25) is 0 Å². The maximum absolute atomic E-state index is 11.7. The molecule has 1 N–H and O–H groups in total. The van der Waals surface area contributed by atoms with Crippen LogP contribution in [0.1, 0.15) is 41.5 Å². The van der Waals surface area contributed by atoms with Crippen molar-refractivity contribution in [1.82, 2.24) is 0 Å². The highest BCUT2D eigenvalue weighted by Gasteiger charge is 2.51. The monoisotopic (exact) mass is 642 g/mol. The highest BCUT2D eigenvalue weighted by molar-refractivity contribution is 7.00. The predicted octanol–water partition coefficient (Wildman–Crippen LogP) is 5.38. The van der Waals surface area contributed by atoms with Crippen molar-refractivity contribution in [3.8, 4) is 0 Å². The van der Waals surface area contributed by atoms with E-state index in [0.29, 0.717) is 0 Å². The molecular weight excluding hydrogens is 597 g/mol. The van der Waals surface area contributed by atoms with E-state index < -0.39 is 22.6 Å². The maximum atomic E-state index is 11.7. The van der Waals surface area contributed by atoms with E-state index in [1.807, 2.05) is 97.1 Å². The third-order valence-corrected chi connectivity index (χ3v) is 17.8. The smallest absolute Gasteiger partial charge is 0.330 e. The van der Waals surface area contributed by atoms with Crippen molar-refractivity contribution in [3.63, 3.8) is 0 Å². The van der Waals surface area contributed by atoms with Crippen LogP contribution in [0.5, 0.6) is 0 Å². The lowest BCUT2D eigenvalue weighted by molar-refractivity contribution is -0.143. The zero-order chi connectivity index (χ0) is 33.1. The van der Waals surface area contributed by atoms with Gasteiger partial charge in [-0.1, -0.05) is 163 Å². The van der Waals surface area contributed by atoms with Crippen LogP contribution in [0.2, 0.25) is 10.1 Å². The number of carboxylic acids is 1. The molecule has 0 amide bonds. The Kier molecular flexibility index (Phi) is 12.2. The molecule has 0 saturated heterocycles. The first-order valence-corrected chi connectivity index (χ1v) is 18.9. The van der Waals surface area contributed by atoms with Gasteiger partial charge in [-0.3, -0.25) is 0 Å². The molecule has 0 radical (unpaired) electrons. The second-order valence-corrected chi connectivity index (χ2v) is 21.5. The second kappa shape index (κ2) is 15.4. The van der Waals surface area contributed by atoms with Crippen LogP contribution in [-0.2, 0) is 23.2 Å². The molecule has 0 spiro atoms. The van der Waals surface area contributed by atoms with Crippen molar-refractivity contribution >= 4 is 49.3 Å². The molecule has 0 aromatic heterocycles. The van der Waals surface area contributed by atoms with Crippen LogP contribution in [0.3, 0.4) is 0 Å². The minimum atomic E-state index is -2.69. The van der Waals surface area contributed by atoms with Gasteiger partial charge in [-0.05, 0) is 30.8 Å². The number of carbonyl (C=O) groups is 2. The summed E-state index contributed by atoms with van der Waals surface area (Å²) in [5.41, 5.74) is 0. The van der Waals surface area contributed by atoms with E-state index in [4.69, 9.17) is 18.7 Å². The van der Waals surface area contributed by atoms with Gasteiger partial charge in [-0.15, -0.1) is 0 Å². The molecule has 0 heterocycles. The fraction of sp³-hybridized carbons (Fsp3) is 0.297. The lowest BCUT2D eigenvalue weighted by atomic mass is 10.2. The van der Waals surface area contributed by atoms with Gasteiger partial charge in [0.1, 0.15) is 13.2 Å². The summed E-state index contributed by atoms with van der Waals surface area (Å²) in [5, 5.41) is 13.3. The molecule has 4 rings (SSSR count). The normalized spacial score (nSPS) is 12.1. The molecular formula is C37H46O6Si2. The zero-order valence-electron chi connectivity index (χ0n) is 27.4. The van der Waals surface area contributed by atoms with Crippen molar-refractivity contribution < 1.29 is 28.3 Å². The van der Waals surface area contributed by atoms with Crippen LogP contribution < -0.4 is 20.7 Å². The summed E-state index contributed by atoms with van der Waals surface area (Å²) in [5.74, 6) is -1.29. The number of aliphatic carboxylic acids is 1. The highest BCUT2D eigenvalue weighted by Crippen LogP contribution is 2.37. The number of carboxylic acid groups (broad SMARTS) is 1. The van der Waals surface area contributed by atoms with E-state index >= 15 is 0 Å². The quantitative estimate of drug-likeness (QED) is 0.185. The van der Waals surface area contributed by atoms with Gasteiger partial charge < -0.3 is 18.7 Å². The Morgan fingerprint density at radius 1 is 0.533 bits per heavy atom. The van der Waals surface area contributed by atoms with Gasteiger partial charge in [0.15, 0.2) is 0 Å². The molecule has 0 aliphatic carbocycles. The Labute approximate surface area is 270 Å². The van der Waals surface area contributed by atoms with Gasteiger partial charge in [0.25, 0.3) is 16.6 Å². The van der Waals surface area contributed by atoms with Crippen LogP contribution >= 0.6 is 0 Å². The SMILES string of the molecule is CC(C)(C)[Si](OCC(=O)O)(c1ccccc1)c1ccccc1.COC(=O)CO[Si](c1ccccc1)(c1ccccc1)C(C)(C)C. The van der Waals surface area contributed by atoms with E-state index in [0.717, 1.165) is 20.7 Å². The Bertz CT molecular complexity index is 1400. The minimum Gasteiger partial charge on any atom is -0.480 e. The molecule has 0 aliphatic heterocycles.